The highest BCUT2D eigenvalue weighted by Crippen LogP contribution is 2.43. The van der Waals surface area contributed by atoms with Crippen LogP contribution in [0.1, 0.15) is 17.2 Å². The molecule has 2 aromatic rings. The molecule has 0 saturated heterocycles. The van der Waals surface area contributed by atoms with E-state index in [0.717, 1.165) is 29.0 Å². The standard InChI is InChI=1S/C16H16O4/c1-18-13-5-3-4-11-9-14(20-16(11)13)10-6-7-12(17)15(8-10)19-2/h3-8,14,17H,9H2,1-2H3. The molecule has 4 nitrogen and oxygen atoms in total. The van der Waals surface area contributed by atoms with Gasteiger partial charge >= 0.3 is 0 Å². The molecule has 0 saturated carbocycles. The molecule has 0 fully saturated rings. The predicted octanol–water partition coefficient (Wildman–Crippen LogP) is 3.09. The monoisotopic (exact) mass is 272 g/mol. The van der Waals surface area contributed by atoms with Crippen molar-refractivity contribution in [3.05, 3.63) is 47.5 Å². The van der Waals surface area contributed by atoms with E-state index in [0.29, 0.717) is 5.75 Å². The van der Waals surface area contributed by atoms with Crippen LogP contribution in [0, 0.1) is 0 Å². The SMILES string of the molecule is COc1cc(C2Cc3cccc(OC)c3O2)ccc1O. The summed E-state index contributed by atoms with van der Waals surface area (Å²) in [7, 11) is 3.17. The minimum atomic E-state index is -0.0872. The van der Waals surface area contributed by atoms with Gasteiger partial charge in [0.15, 0.2) is 23.0 Å². The minimum absolute atomic E-state index is 0.0872. The van der Waals surface area contributed by atoms with Crippen molar-refractivity contribution >= 4 is 0 Å². The number of aromatic hydroxyl groups is 1. The summed E-state index contributed by atoms with van der Waals surface area (Å²) in [4.78, 5) is 0. The van der Waals surface area contributed by atoms with Crippen LogP contribution in [0.3, 0.4) is 0 Å². The zero-order valence-electron chi connectivity index (χ0n) is 11.4. The largest absolute Gasteiger partial charge is 0.504 e. The van der Waals surface area contributed by atoms with Gasteiger partial charge in [-0.1, -0.05) is 18.2 Å². The van der Waals surface area contributed by atoms with Gasteiger partial charge < -0.3 is 19.3 Å². The van der Waals surface area contributed by atoms with Gasteiger partial charge in [-0.25, -0.2) is 0 Å². The molecular weight excluding hydrogens is 256 g/mol. The zero-order valence-corrected chi connectivity index (χ0v) is 11.4. The van der Waals surface area contributed by atoms with Gasteiger partial charge in [-0.15, -0.1) is 0 Å². The van der Waals surface area contributed by atoms with E-state index in [2.05, 4.69) is 0 Å². The molecule has 20 heavy (non-hydrogen) atoms. The van der Waals surface area contributed by atoms with Crippen LogP contribution in [-0.4, -0.2) is 19.3 Å². The van der Waals surface area contributed by atoms with Gasteiger partial charge in [-0.2, -0.15) is 0 Å². The van der Waals surface area contributed by atoms with Crippen molar-refractivity contribution in [2.75, 3.05) is 14.2 Å². The number of para-hydroxylation sites is 1. The van der Waals surface area contributed by atoms with Crippen molar-refractivity contribution in [1.82, 2.24) is 0 Å². The van der Waals surface area contributed by atoms with E-state index in [4.69, 9.17) is 14.2 Å². The number of phenolic OH excluding ortho intramolecular Hbond substituents is 1. The van der Waals surface area contributed by atoms with E-state index in [1.54, 1.807) is 19.2 Å². The van der Waals surface area contributed by atoms with Crippen LogP contribution in [-0.2, 0) is 6.42 Å². The van der Waals surface area contributed by atoms with Crippen LogP contribution in [0.5, 0.6) is 23.0 Å². The van der Waals surface area contributed by atoms with Crippen molar-refractivity contribution < 1.29 is 19.3 Å². The molecule has 3 rings (SSSR count). The molecule has 1 aliphatic rings. The highest BCUT2D eigenvalue weighted by molar-refractivity contribution is 5.51. The molecule has 0 amide bonds. The first-order valence-electron chi connectivity index (χ1n) is 6.42. The molecule has 1 heterocycles. The number of benzene rings is 2. The molecule has 1 unspecified atom stereocenters. The van der Waals surface area contributed by atoms with Gasteiger partial charge in [0, 0.05) is 12.0 Å². The molecule has 0 bridgehead atoms. The molecular formula is C16H16O4. The van der Waals surface area contributed by atoms with E-state index in [1.807, 2.05) is 24.3 Å². The molecule has 1 atom stereocenters. The van der Waals surface area contributed by atoms with Crippen LogP contribution in [0.2, 0.25) is 0 Å². The number of fused-ring (bicyclic) bond motifs is 1. The maximum absolute atomic E-state index is 9.65. The third-order valence-corrected chi connectivity index (χ3v) is 3.52. The third kappa shape index (κ3) is 2.03. The third-order valence-electron chi connectivity index (χ3n) is 3.52. The first-order chi connectivity index (χ1) is 9.72. The van der Waals surface area contributed by atoms with Crippen LogP contribution in [0.25, 0.3) is 0 Å². The highest BCUT2D eigenvalue weighted by Gasteiger charge is 2.27. The fourth-order valence-corrected chi connectivity index (χ4v) is 2.48. The maximum Gasteiger partial charge on any atom is 0.165 e. The summed E-state index contributed by atoms with van der Waals surface area (Å²) in [5.41, 5.74) is 2.10. The lowest BCUT2D eigenvalue weighted by Gasteiger charge is -2.13. The summed E-state index contributed by atoms with van der Waals surface area (Å²) in [6.45, 7) is 0. The molecule has 0 radical (unpaired) electrons. The van der Waals surface area contributed by atoms with Gasteiger partial charge in [0.1, 0.15) is 6.10 Å². The maximum atomic E-state index is 9.65. The van der Waals surface area contributed by atoms with E-state index < -0.39 is 0 Å². The molecule has 1 N–H and O–H groups in total. The van der Waals surface area contributed by atoms with Gasteiger partial charge in [-0.3, -0.25) is 0 Å². The quantitative estimate of drug-likeness (QED) is 0.932. The topological polar surface area (TPSA) is 47.9 Å². The highest BCUT2D eigenvalue weighted by atomic mass is 16.5. The molecule has 0 aliphatic carbocycles. The van der Waals surface area contributed by atoms with Crippen molar-refractivity contribution in [3.63, 3.8) is 0 Å². The van der Waals surface area contributed by atoms with E-state index in [-0.39, 0.29) is 11.9 Å². The van der Waals surface area contributed by atoms with Crippen LogP contribution >= 0.6 is 0 Å². The molecule has 4 heteroatoms. The van der Waals surface area contributed by atoms with Gasteiger partial charge in [-0.05, 0) is 23.8 Å². The first-order valence-corrected chi connectivity index (χ1v) is 6.42. The Bertz CT molecular complexity index is 636. The summed E-state index contributed by atoms with van der Waals surface area (Å²) >= 11 is 0. The predicted molar refractivity (Wildman–Crippen MR) is 74.7 cm³/mol. The Morgan fingerprint density at radius 3 is 2.65 bits per heavy atom. The van der Waals surface area contributed by atoms with Crippen molar-refractivity contribution in [3.8, 4) is 23.0 Å². The molecule has 104 valence electrons. The lowest BCUT2D eigenvalue weighted by molar-refractivity contribution is 0.228. The van der Waals surface area contributed by atoms with E-state index in [1.165, 1.54) is 7.11 Å². The average Bonchev–Trinajstić information content (AvgIpc) is 2.91. The van der Waals surface area contributed by atoms with Crippen LogP contribution < -0.4 is 14.2 Å². The summed E-state index contributed by atoms with van der Waals surface area (Å²) in [6, 6.07) is 11.2. The van der Waals surface area contributed by atoms with Gasteiger partial charge in [0.05, 0.1) is 14.2 Å². The summed E-state index contributed by atoms with van der Waals surface area (Å²) in [5.74, 6) is 2.13. The van der Waals surface area contributed by atoms with Gasteiger partial charge in [0.2, 0.25) is 0 Å². The van der Waals surface area contributed by atoms with Crippen molar-refractivity contribution in [2.24, 2.45) is 0 Å². The summed E-state index contributed by atoms with van der Waals surface area (Å²) in [5, 5.41) is 9.65. The smallest absolute Gasteiger partial charge is 0.165 e. The molecule has 0 aromatic heterocycles. The summed E-state index contributed by atoms with van der Waals surface area (Å²) in [6.07, 6.45) is 0.691. The van der Waals surface area contributed by atoms with Gasteiger partial charge in [0.25, 0.3) is 0 Å². The first kappa shape index (κ1) is 12.7. The lowest BCUT2D eigenvalue weighted by atomic mass is 10.0. The Hall–Kier alpha value is -2.36. The van der Waals surface area contributed by atoms with Crippen LogP contribution in [0.15, 0.2) is 36.4 Å². The fraction of sp³-hybridized carbons (Fsp3) is 0.250. The molecule has 0 spiro atoms. The minimum Gasteiger partial charge on any atom is -0.504 e. The molecule has 2 aromatic carbocycles. The number of ether oxygens (including phenoxy) is 3. The Labute approximate surface area is 117 Å². The number of rotatable bonds is 3. The van der Waals surface area contributed by atoms with Crippen molar-refractivity contribution in [1.29, 1.82) is 0 Å². The number of methoxy groups -OCH3 is 2. The average molecular weight is 272 g/mol. The Balaban J connectivity index is 1.92. The molecule has 1 aliphatic heterocycles. The number of phenols is 1. The Morgan fingerprint density at radius 2 is 1.90 bits per heavy atom. The van der Waals surface area contributed by atoms with E-state index >= 15 is 0 Å². The summed E-state index contributed by atoms with van der Waals surface area (Å²) < 4.78 is 16.4. The Kier molecular flexibility index (Phi) is 3.14. The normalized spacial score (nSPS) is 16.4. The van der Waals surface area contributed by atoms with E-state index in [9.17, 15) is 5.11 Å². The Morgan fingerprint density at radius 1 is 1.10 bits per heavy atom. The van der Waals surface area contributed by atoms with Crippen LogP contribution in [0.4, 0.5) is 0 Å². The fourth-order valence-electron chi connectivity index (χ4n) is 2.48. The second-order valence-electron chi connectivity index (χ2n) is 4.69. The second-order valence-corrected chi connectivity index (χ2v) is 4.69. The lowest BCUT2D eigenvalue weighted by Crippen LogP contribution is -2.03. The number of hydrogen-bond donors (Lipinski definition) is 1. The zero-order chi connectivity index (χ0) is 14.1. The number of hydrogen-bond acceptors (Lipinski definition) is 4. The second kappa shape index (κ2) is 4.96. The van der Waals surface area contributed by atoms with Crippen molar-refractivity contribution in [2.45, 2.75) is 12.5 Å².